The highest BCUT2D eigenvalue weighted by Gasteiger charge is 2.24. The fraction of sp³-hybridized carbons (Fsp3) is 0.550. The SMILES string of the molecule is CCN(CC)C(=O)c1cn([C@H]2CCCN(Cc3ccc(OC)cc3)C2)nn1. The van der Waals surface area contributed by atoms with Crippen LogP contribution < -0.4 is 4.74 Å². The predicted molar refractivity (Wildman–Crippen MR) is 104 cm³/mol. The van der Waals surface area contributed by atoms with Crippen LogP contribution >= 0.6 is 0 Å². The number of piperidine rings is 1. The van der Waals surface area contributed by atoms with E-state index in [4.69, 9.17) is 4.74 Å². The van der Waals surface area contributed by atoms with E-state index in [1.54, 1.807) is 12.0 Å². The number of benzene rings is 1. The molecule has 1 aliphatic heterocycles. The molecule has 2 heterocycles. The summed E-state index contributed by atoms with van der Waals surface area (Å²) in [4.78, 5) is 16.7. The van der Waals surface area contributed by atoms with Crippen LogP contribution in [0.25, 0.3) is 0 Å². The highest BCUT2D eigenvalue weighted by Crippen LogP contribution is 2.23. The van der Waals surface area contributed by atoms with Crippen molar-refractivity contribution < 1.29 is 9.53 Å². The average molecular weight is 371 g/mol. The summed E-state index contributed by atoms with van der Waals surface area (Å²) in [7, 11) is 1.68. The molecule has 1 saturated heterocycles. The van der Waals surface area contributed by atoms with Crippen LogP contribution in [0.4, 0.5) is 0 Å². The lowest BCUT2D eigenvalue weighted by Crippen LogP contribution is -2.36. The third-order valence-electron chi connectivity index (χ3n) is 5.20. The van der Waals surface area contributed by atoms with Gasteiger partial charge < -0.3 is 9.64 Å². The molecule has 1 aliphatic rings. The van der Waals surface area contributed by atoms with E-state index in [0.717, 1.165) is 38.2 Å². The van der Waals surface area contributed by atoms with E-state index in [1.165, 1.54) is 5.56 Å². The molecular weight excluding hydrogens is 342 g/mol. The predicted octanol–water partition coefficient (Wildman–Crippen LogP) is 2.61. The summed E-state index contributed by atoms with van der Waals surface area (Å²) in [6.07, 6.45) is 3.98. The van der Waals surface area contributed by atoms with E-state index in [0.29, 0.717) is 18.8 Å². The Kier molecular flexibility index (Phi) is 6.45. The summed E-state index contributed by atoms with van der Waals surface area (Å²) in [6.45, 7) is 8.20. The molecule has 1 atom stereocenters. The maximum Gasteiger partial charge on any atom is 0.276 e. The number of carbonyl (C=O) groups excluding carboxylic acids is 1. The van der Waals surface area contributed by atoms with Crippen LogP contribution in [-0.4, -0.2) is 64.0 Å². The zero-order chi connectivity index (χ0) is 19.2. The van der Waals surface area contributed by atoms with E-state index >= 15 is 0 Å². The van der Waals surface area contributed by atoms with Gasteiger partial charge in [0.1, 0.15) is 5.75 Å². The number of rotatable bonds is 7. The van der Waals surface area contributed by atoms with Crippen molar-refractivity contribution in [3.63, 3.8) is 0 Å². The number of carbonyl (C=O) groups is 1. The Bertz CT molecular complexity index is 739. The summed E-state index contributed by atoms with van der Waals surface area (Å²) in [5, 5.41) is 8.38. The molecule has 0 aliphatic carbocycles. The zero-order valence-electron chi connectivity index (χ0n) is 16.5. The van der Waals surface area contributed by atoms with Crippen LogP contribution in [0.5, 0.6) is 5.75 Å². The minimum Gasteiger partial charge on any atom is -0.497 e. The summed E-state index contributed by atoms with van der Waals surface area (Å²) >= 11 is 0. The number of methoxy groups -OCH3 is 1. The Morgan fingerprint density at radius 2 is 2.00 bits per heavy atom. The molecular formula is C20H29N5O2. The topological polar surface area (TPSA) is 63.5 Å². The van der Waals surface area contributed by atoms with Crippen LogP contribution in [-0.2, 0) is 6.54 Å². The third-order valence-corrected chi connectivity index (χ3v) is 5.20. The summed E-state index contributed by atoms with van der Waals surface area (Å²) in [5.41, 5.74) is 1.71. The first-order chi connectivity index (χ1) is 13.1. The van der Waals surface area contributed by atoms with Crippen molar-refractivity contribution >= 4 is 5.91 Å². The van der Waals surface area contributed by atoms with Crippen molar-refractivity contribution in [3.05, 3.63) is 41.7 Å². The molecule has 1 fully saturated rings. The molecule has 0 spiro atoms. The van der Waals surface area contributed by atoms with Gasteiger partial charge in [0, 0.05) is 26.2 Å². The summed E-state index contributed by atoms with van der Waals surface area (Å²) in [5.74, 6) is 0.834. The second-order valence-corrected chi connectivity index (χ2v) is 6.94. The van der Waals surface area contributed by atoms with E-state index in [9.17, 15) is 4.79 Å². The van der Waals surface area contributed by atoms with Crippen LogP contribution in [0.1, 0.15) is 48.8 Å². The van der Waals surface area contributed by atoms with Crippen LogP contribution in [0.15, 0.2) is 30.5 Å². The molecule has 0 unspecified atom stereocenters. The molecule has 2 aromatic rings. The van der Waals surface area contributed by atoms with Gasteiger partial charge in [-0.25, -0.2) is 4.68 Å². The van der Waals surface area contributed by atoms with Gasteiger partial charge in [0.05, 0.1) is 19.3 Å². The Morgan fingerprint density at radius 3 is 2.67 bits per heavy atom. The number of likely N-dealkylation sites (tertiary alicyclic amines) is 1. The quantitative estimate of drug-likeness (QED) is 0.749. The number of hydrogen-bond acceptors (Lipinski definition) is 5. The second kappa shape index (κ2) is 8.99. The molecule has 0 radical (unpaired) electrons. The summed E-state index contributed by atoms with van der Waals surface area (Å²) < 4.78 is 7.10. The fourth-order valence-corrected chi connectivity index (χ4v) is 3.61. The maximum atomic E-state index is 12.5. The van der Waals surface area contributed by atoms with Gasteiger partial charge in [0.15, 0.2) is 5.69 Å². The third kappa shape index (κ3) is 4.66. The zero-order valence-corrected chi connectivity index (χ0v) is 16.5. The number of amides is 1. The number of hydrogen-bond donors (Lipinski definition) is 0. The lowest BCUT2D eigenvalue weighted by Gasteiger charge is -2.32. The lowest BCUT2D eigenvalue weighted by molar-refractivity contribution is 0.0767. The lowest BCUT2D eigenvalue weighted by atomic mass is 10.0. The van der Waals surface area contributed by atoms with Crippen molar-refractivity contribution in [2.45, 2.75) is 39.3 Å². The Labute approximate surface area is 160 Å². The fourth-order valence-electron chi connectivity index (χ4n) is 3.61. The first-order valence-corrected chi connectivity index (χ1v) is 9.71. The van der Waals surface area contributed by atoms with Gasteiger partial charge in [-0.3, -0.25) is 9.69 Å². The monoisotopic (exact) mass is 371 g/mol. The Morgan fingerprint density at radius 1 is 1.26 bits per heavy atom. The highest BCUT2D eigenvalue weighted by atomic mass is 16.5. The number of nitrogens with zero attached hydrogens (tertiary/aromatic N) is 5. The minimum absolute atomic E-state index is 0.0443. The highest BCUT2D eigenvalue weighted by molar-refractivity contribution is 5.91. The van der Waals surface area contributed by atoms with E-state index in [1.807, 2.05) is 36.9 Å². The molecule has 0 N–H and O–H groups in total. The van der Waals surface area contributed by atoms with Crippen LogP contribution in [0, 0.1) is 0 Å². The molecule has 27 heavy (non-hydrogen) atoms. The van der Waals surface area contributed by atoms with Gasteiger partial charge in [-0.05, 0) is 50.9 Å². The minimum atomic E-state index is -0.0443. The molecule has 0 bridgehead atoms. The van der Waals surface area contributed by atoms with E-state index in [2.05, 4.69) is 27.3 Å². The smallest absolute Gasteiger partial charge is 0.276 e. The van der Waals surface area contributed by atoms with Gasteiger partial charge in [0.2, 0.25) is 0 Å². The standard InChI is InChI=1S/C20H29N5O2/c1-4-24(5-2)20(26)19-15-25(22-21-19)17-7-6-12-23(14-17)13-16-8-10-18(27-3)11-9-16/h8-11,15,17H,4-7,12-14H2,1-3H3/t17-/m0/s1. The molecule has 7 nitrogen and oxygen atoms in total. The molecule has 0 saturated carbocycles. The van der Waals surface area contributed by atoms with Crippen molar-refractivity contribution in [3.8, 4) is 5.75 Å². The van der Waals surface area contributed by atoms with Gasteiger partial charge in [0.25, 0.3) is 5.91 Å². The molecule has 1 aromatic carbocycles. The van der Waals surface area contributed by atoms with Crippen LogP contribution in [0.2, 0.25) is 0 Å². The Balaban J connectivity index is 1.63. The van der Waals surface area contributed by atoms with E-state index < -0.39 is 0 Å². The number of aromatic nitrogens is 3. The summed E-state index contributed by atoms with van der Waals surface area (Å²) in [6, 6.07) is 8.47. The van der Waals surface area contributed by atoms with Crippen LogP contribution in [0.3, 0.4) is 0 Å². The van der Waals surface area contributed by atoms with Crippen molar-refractivity contribution in [1.29, 1.82) is 0 Å². The Hall–Kier alpha value is -2.41. The molecule has 7 heteroatoms. The number of ether oxygens (including phenoxy) is 1. The molecule has 1 amide bonds. The first kappa shape index (κ1) is 19.4. The van der Waals surface area contributed by atoms with Gasteiger partial charge in [-0.1, -0.05) is 17.3 Å². The van der Waals surface area contributed by atoms with E-state index in [-0.39, 0.29) is 11.9 Å². The molecule has 3 rings (SSSR count). The maximum absolute atomic E-state index is 12.5. The van der Waals surface area contributed by atoms with Gasteiger partial charge in [-0.2, -0.15) is 0 Å². The largest absolute Gasteiger partial charge is 0.497 e. The first-order valence-electron chi connectivity index (χ1n) is 9.71. The normalized spacial score (nSPS) is 17.7. The average Bonchev–Trinajstić information content (AvgIpc) is 3.20. The molecule has 146 valence electrons. The molecule has 1 aromatic heterocycles. The van der Waals surface area contributed by atoms with Crippen molar-refractivity contribution in [1.82, 2.24) is 24.8 Å². The van der Waals surface area contributed by atoms with Crippen molar-refractivity contribution in [2.24, 2.45) is 0 Å². The van der Waals surface area contributed by atoms with Gasteiger partial charge in [-0.15, -0.1) is 5.10 Å². The van der Waals surface area contributed by atoms with Gasteiger partial charge >= 0.3 is 0 Å². The van der Waals surface area contributed by atoms with Crippen molar-refractivity contribution in [2.75, 3.05) is 33.3 Å². The second-order valence-electron chi connectivity index (χ2n) is 6.94.